The first-order chi connectivity index (χ1) is 9.90. The van der Waals surface area contributed by atoms with Crippen molar-refractivity contribution in [3.05, 3.63) is 56.0 Å². The lowest BCUT2D eigenvalue weighted by Gasteiger charge is -2.05. The molecule has 0 bridgehead atoms. The van der Waals surface area contributed by atoms with Crippen LogP contribution in [-0.4, -0.2) is 21.9 Å². The molecule has 0 spiro atoms. The van der Waals surface area contributed by atoms with E-state index in [0.29, 0.717) is 0 Å². The van der Waals surface area contributed by atoms with Crippen molar-refractivity contribution in [2.24, 2.45) is 0 Å². The van der Waals surface area contributed by atoms with Gasteiger partial charge in [0, 0.05) is 12.1 Å². The van der Waals surface area contributed by atoms with Crippen molar-refractivity contribution in [2.45, 2.75) is 0 Å². The smallest absolute Gasteiger partial charge is 0.348 e. The third-order valence-corrected chi connectivity index (χ3v) is 3.42. The zero-order chi connectivity index (χ0) is 15.6. The number of non-ortho nitro benzene ring substituents is 1. The van der Waals surface area contributed by atoms with E-state index in [9.17, 15) is 24.1 Å². The first-order valence-electron chi connectivity index (χ1n) is 5.46. The number of hydrogen-bond donors (Lipinski definition) is 2. The molecule has 21 heavy (non-hydrogen) atoms. The highest BCUT2D eigenvalue weighted by Crippen LogP contribution is 2.24. The zero-order valence-corrected chi connectivity index (χ0v) is 11.0. The molecule has 0 radical (unpaired) electrons. The Balaban J connectivity index is 2.32. The maximum absolute atomic E-state index is 13.6. The second kappa shape index (κ2) is 5.67. The van der Waals surface area contributed by atoms with E-state index in [-0.39, 0.29) is 10.6 Å². The van der Waals surface area contributed by atoms with Gasteiger partial charge in [0.05, 0.1) is 16.2 Å². The number of aromatic carboxylic acids is 1. The lowest BCUT2D eigenvalue weighted by molar-refractivity contribution is -0.384. The molecule has 1 aromatic heterocycles. The second-order valence-electron chi connectivity index (χ2n) is 3.84. The highest BCUT2D eigenvalue weighted by atomic mass is 32.1. The van der Waals surface area contributed by atoms with Crippen molar-refractivity contribution < 1.29 is 24.0 Å². The number of nitrogens with one attached hydrogen (secondary N) is 1. The van der Waals surface area contributed by atoms with Gasteiger partial charge in [-0.15, -0.1) is 11.3 Å². The van der Waals surface area contributed by atoms with Crippen molar-refractivity contribution in [3.8, 4) is 0 Å². The summed E-state index contributed by atoms with van der Waals surface area (Å²) in [6, 6.07) is 3.87. The Labute approximate surface area is 120 Å². The average Bonchev–Trinajstić information content (AvgIpc) is 2.87. The number of carboxylic acid groups (broad SMARTS) is 1. The number of nitro groups is 1. The number of thiophene rings is 1. The number of rotatable bonds is 4. The summed E-state index contributed by atoms with van der Waals surface area (Å²) in [5.41, 5.74) is -0.972. The van der Waals surface area contributed by atoms with E-state index in [1.807, 2.05) is 0 Å². The summed E-state index contributed by atoms with van der Waals surface area (Å²) in [5, 5.41) is 23.2. The molecule has 2 rings (SSSR count). The Morgan fingerprint density at radius 1 is 1.33 bits per heavy atom. The quantitative estimate of drug-likeness (QED) is 0.666. The van der Waals surface area contributed by atoms with E-state index < -0.39 is 33.9 Å². The van der Waals surface area contributed by atoms with E-state index >= 15 is 0 Å². The fourth-order valence-electron chi connectivity index (χ4n) is 1.56. The maximum atomic E-state index is 13.6. The predicted molar refractivity (Wildman–Crippen MR) is 72.3 cm³/mol. The molecule has 1 amide bonds. The van der Waals surface area contributed by atoms with Crippen molar-refractivity contribution >= 4 is 34.6 Å². The van der Waals surface area contributed by atoms with Gasteiger partial charge in [0.15, 0.2) is 0 Å². The van der Waals surface area contributed by atoms with Gasteiger partial charge >= 0.3 is 5.97 Å². The topological polar surface area (TPSA) is 110 Å². The summed E-state index contributed by atoms with van der Waals surface area (Å²) in [6.07, 6.45) is 0. The van der Waals surface area contributed by atoms with Crippen LogP contribution in [0.1, 0.15) is 20.0 Å². The number of carbonyl (C=O) groups is 2. The van der Waals surface area contributed by atoms with Crippen LogP contribution in [0.25, 0.3) is 0 Å². The molecule has 2 aromatic rings. The Kier molecular flexibility index (Phi) is 3.94. The first-order valence-corrected chi connectivity index (χ1v) is 6.34. The SMILES string of the molecule is O=C(Nc1ccsc1C(=O)O)c1cc([N+](=O)[O-])ccc1F. The number of anilines is 1. The van der Waals surface area contributed by atoms with Crippen LogP contribution in [0.15, 0.2) is 29.6 Å². The minimum absolute atomic E-state index is 0.00315. The number of nitro benzene ring substituents is 1. The average molecular weight is 310 g/mol. The standard InChI is InChI=1S/C12H7FN2O5S/c13-8-2-1-6(15(19)20)5-7(8)11(16)14-9-3-4-21-10(9)12(17)18/h1-5H,(H,14,16)(H,17,18). The molecule has 0 aliphatic rings. The predicted octanol–water partition coefficient (Wildman–Crippen LogP) is 2.75. The van der Waals surface area contributed by atoms with Gasteiger partial charge in [-0.1, -0.05) is 0 Å². The van der Waals surface area contributed by atoms with Crippen LogP contribution < -0.4 is 5.32 Å². The minimum atomic E-state index is -1.24. The Bertz CT molecular complexity index is 743. The Hall–Kier alpha value is -2.81. The number of carbonyl (C=O) groups excluding carboxylic acids is 1. The number of hydrogen-bond acceptors (Lipinski definition) is 5. The molecular weight excluding hydrogens is 303 g/mol. The summed E-state index contributed by atoms with van der Waals surface area (Å²) in [5.74, 6) is -3.14. The molecule has 0 saturated heterocycles. The molecule has 0 saturated carbocycles. The fraction of sp³-hybridized carbons (Fsp3) is 0. The third-order valence-electron chi connectivity index (χ3n) is 2.51. The molecule has 0 atom stereocenters. The Morgan fingerprint density at radius 2 is 2.05 bits per heavy atom. The second-order valence-corrected chi connectivity index (χ2v) is 4.76. The fourth-order valence-corrected chi connectivity index (χ4v) is 2.25. The molecule has 108 valence electrons. The van der Waals surface area contributed by atoms with Gasteiger partial charge in [0.1, 0.15) is 10.7 Å². The van der Waals surface area contributed by atoms with Gasteiger partial charge in [0.2, 0.25) is 0 Å². The molecule has 9 heteroatoms. The largest absolute Gasteiger partial charge is 0.477 e. The van der Waals surface area contributed by atoms with Crippen LogP contribution in [0.3, 0.4) is 0 Å². The molecule has 1 heterocycles. The van der Waals surface area contributed by atoms with Gasteiger partial charge in [-0.3, -0.25) is 14.9 Å². The molecule has 2 N–H and O–H groups in total. The van der Waals surface area contributed by atoms with E-state index in [1.165, 1.54) is 11.4 Å². The molecule has 0 aliphatic heterocycles. The van der Waals surface area contributed by atoms with Crippen molar-refractivity contribution in [1.29, 1.82) is 0 Å². The molecule has 0 unspecified atom stereocenters. The minimum Gasteiger partial charge on any atom is -0.477 e. The molecule has 0 fully saturated rings. The van der Waals surface area contributed by atoms with Gasteiger partial charge in [-0.25, -0.2) is 9.18 Å². The van der Waals surface area contributed by atoms with Gasteiger partial charge < -0.3 is 10.4 Å². The van der Waals surface area contributed by atoms with E-state index in [4.69, 9.17) is 5.11 Å². The number of halogens is 1. The van der Waals surface area contributed by atoms with Gasteiger partial charge in [-0.2, -0.15) is 0 Å². The zero-order valence-electron chi connectivity index (χ0n) is 10.2. The monoisotopic (exact) mass is 310 g/mol. The Morgan fingerprint density at radius 3 is 2.67 bits per heavy atom. The van der Waals surface area contributed by atoms with E-state index in [0.717, 1.165) is 29.5 Å². The number of nitrogens with zero attached hydrogens (tertiary/aromatic N) is 1. The summed E-state index contributed by atoms with van der Waals surface area (Å²) >= 11 is 0.891. The molecular formula is C12H7FN2O5S. The van der Waals surface area contributed by atoms with Crippen LogP contribution in [0, 0.1) is 15.9 Å². The number of amides is 1. The lowest BCUT2D eigenvalue weighted by Crippen LogP contribution is -2.15. The summed E-state index contributed by atoms with van der Waals surface area (Å²) in [4.78, 5) is 32.6. The van der Waals surface area contributed by atoms with Crippen LogP contribution >= 0.6 is 11.3 Å². The molecule has 1 aromatic carbocycles. The van der Waals surface area contributed by atoms with Crippen LogP contribution in [0.2, 0.25) is 0 Å². The van der Waals surface area contributed by atoms with Crippen molar-refractivity contribution in [2.75, 3.05) is 5.32 Å². The van der Waals surface area contributed by atoms with Gasteiger partial charge in [0.25, 0.3) is 11.6 Å². The highest BCUT2D eigenvalue weighted by Gasteiger charge is 2.19. The third kappa shape index (κ3) is 3.03. The van der Waals surface area contributed by atoms with Crippen LogP contribution in [-0.2, 0) is 0 Å². The van der Waals surface area contributed by atoms with Crippen molar-refractivity contribution in [3.63, 3.8) is 0 Å². The van der Waals surface area contributed by atoms with E-state index in [1.54, 1.807) is 0 Å². The highest BCUT2D eigenvalue weighted by molar-refractivity contribution is 7.12. The first kappa shape index (κ1) is 14.6. The van der Waals surface area contributed by atoms with Gasteiger partial charge in [-0.05, 0) is 17.5 Å². The van der Waals surface area contributed by atoms with Crippen LogP contribution in [0.5, 0.6) is 0 Å². The summed E-state index contributed by atoms with van der Waals surface area (Å²) in [6.45, 7) is 0. The summed E-state index contributed by atoms with van der Waals surface area (Å²) < 4.78 is 13.6. The van der Waals surface area contributed by atoms with Crippen molar-refractivity contribution in [1.82, 2.24) is 0 Å². The summed E-state index contributed by atoms with van der Waals surface area (Å²) in [7, 11) is 0. The maximum Gasteiger partial charge on any atom is 0.348 e. The normalized spacial score (nSPS) is 10.1. The molecule has 7 nitrogen and oxygen atoms in total. The number of benzene rings is 1. The van der Waals surface area contributed by atoms with E-state index in [2.05, 4.69) is 5.32 Å². The van der Waals surface area contributed by atoms with Crippen LogP contribution in [0.4, 0.5) is 15.8 Å². The molecule has 0 aliphatic carbocycles. The number of carboxylic acids is 1. The lowest BCUT2D eigenvalue weighted by atomic mass is 10.1.